The van der Waals surface area contributed by atoms with Crippen molar-refractivity contribution in [1.29, 1.82) is 0 Å². The maximum atomic E-state index is 14.4. The Kier molecular flexibility index (Phi) is 24.8. The van der Waals surface area contributed by atoms with Gasteiger partial charge in [0.05, 0.1) is 25.0 Å². The number of ether oxygens (including phenoxy) is 4. The fourth-order valence-corrected chi connectivity index (χ4v) is 11.3. The topological polar surface area (TPSA) is 262 Å². The van der Waals surface area contributed by atoms with Crippen molar-refractivity contribution in [3.8, 4) is 68.0 Å². The maximum absolute atomic E-state index is 14.4. The number of carbonyl (C=O) groups excluding carboxylic acids is 5. The highest BCUT2D eigenvalue weighted by Gasteiger charge is 2.41. The Morgan fingerprint density at radius 2 is 0.969 bits per heavy atom. The summed E-state index contributed by atoms with van der Waals surface area (Å²) in [6.45, 7) is 5.39. The maximum Gasteiger partial charge on any atom is 0.315 e. The molecule has 2 saturated heterocycles. The van der Waals surface area contributed by atoms with Gasteiger partial charge in [-0.2, -0.15) is 0 Å². The molecule has 0 spiro atoms. The SMILES string of the molecule is CCCCCCCOc1ccc(-c2cnc(-c3ccc(C[C@H](NC(=O)/C=C/c4ccc(OCOC(=O)C5CN(C(=O)[C@H](Cc6ccc(-c7ncc(-c8ccc(OCCCCCCC)cc8)cn7)cc6)NC(=O)c6ccc(O)c(F)c6)C5)cc4)C(=O)N4CC(C(=O)O)C4)cc3)nc2)cc1. The number of phenols is 1. The first kappa shape index (κ1) is 70.0. The summed E-state index contributed by atoms with van der Waals surface area (Å²) in [5.41, 5.74) is 6.99. The number of aromatic nitrogens is 4. The molecule has 4 heterocycles. The van der Waals surface area contributed by atoms with Crippen LogP contribution in [0.1, 0.15) is 105 Å². The first-order chi connectivity index (χ1) is 47.7. The van der Waals surface area contributed by atoms with Gasteiger partial charge in [0.25, 0.3) is 5.91 Å². The van der Waals surface area contributed by atoms with Gasteiger partial charge in [-0.05, 0) is 101 Å². The third kappa shape index (κ3) is 19.7. The Morgan fingerprint density at radius 1 is 0.531 bits per heavy atom. The number of benzene rings is 6. The van der Waals surface area contributed by atoms with Gasteiger partial charge in [0.2, 0.25) is 24.5 Å². The molecule has 98 heavy (non-hydrogen) atoms. The van der Waals surface area contributed by atoms with E-state index in [0.29, 0.717) is 41.7 Å². The molecule has 0 unspecified atom stereocenters. The second-order valence-electron chi connectivity index (χ2n) is 24.6. The molecule has 0 saturated carbocycles. The monoisotopic (exact) mass is 1330 g/mol. The molecule has 6 aromatic carbocycles. The summed E-state index contributed by atoms with van der Waals surface area (Å²) in [6, 6.07) is 37.9. The predicted molar refractivity (Wildman–Crippen MR) is 368 cm³/mol. The van der Waals surface area contributed by atoms with Gasteiger partial charge < -0.3 is 49.6 Å². The molecule has 21 heteroatoms. The Hall–Kier alpha value is -10.8. The molecule has 2 aromatic heterocycles. The normalized spacial score (nSPS) is 13.6. The summed E-state index contributed by atoms with van der Waals surface area (Å²) in [6.07, 6.45) is 21.7. The van der Waals surface area contributed by atoms with E-state index in [0.717, 1.165) is 88.3 Å². The van der Waals surface area contributed by atoms with Crippen LogP contribution in [0.4, 0.5) is 4.39 Å². The number of carboxylic acid groups (broad SMARTS) is 1. The molecule has 8 aromatic rings. The van der Waals surface area contributed by atoms with Crippen molar-refractivity contribution in [1.82, 2.24) is 40.4 Å². The number of rotatable bonds is 34. The van der Waals surface area contributed by atoms with Gasteiger partial charge in [-0.15, -0.1) is 0 Å². The van der Waals surface area contributed by atoms with Crippen LogP contribution in [0.5, 0.6) is 23.0 Å². The predicted octanol–water partition coefficient (Wildman–Crippen LogP) is 12.1. The second kappa shape index (κ2) is 34.7. The fraction of sp³-hybridized carbons (Fsp3) is 0.325. The Balaban J connectivity index is 0.682. The van der Waals surface area contributed by atoms with E-state index in [9.17, 15) is 43.4 Å². The standard InChI is InChI=1S/C77H81FN8O12/c1-3-5-7-9-11-37-95-63-31-24-54(25-32-63)59-42-79-71(80-43-59)56-20-13-52(14-21-56)39-67(74(90)85-46-61(47-85)76(92)93)83-70(88)36-19-51-17-29-65(30-18-51)97-50-98-77(94)62-48-86(49-62)75(91)68(84-73(89)58-28-35-69(87)66(78)41-58)40-53-15-22-57(23-16-53)72-81-44-60(45-82-72)55-26-33-64(34-27-55)96-38-12-10-8-6-4-2/h13-36,41-45,61-62,67-68,87H,3-12,37-40,46-50H2,1-2H3,(H,83,88)(H,84,89)(H,92,93)/b36-19+/t67-,68-/m0/s1. The molecule has 0 aliphatic carbocycles. The minimum Gasteiger partial charge on any atom is -0.505 e. The number of hydrogen-bond acceptors (Lipinski definition) is 15. The minimum absolute atomic E-state index is 0.000346. The number of carboxylic acids is 1. The van der Waals surface area contributed by atoms with Crippen molar-refractivity contribution in [2.75, 3.05) is 46.2 Å². The number of nitrogens with zero attached hydrogens (tertiary/aromatic N) is 6. The number of aromatic hydroxyl groups is 1. The van der Waals surface area contributed by atoms with Crippen LogP contribution < -0.4 is 24.8 Å². The molecule has 10 rings (SSSR count). The van der Waals surface area contributed by atoms with Crippen LogP contribution in [0, 0.1) is 17.7 Å². The van der Waals surface area contributed by atoms with Gasteiger partial charge in [0.15, 0.2) is 23.2 Å². The summed E-state index contributed by atoms with van der Waals surface area (Å²) in [7, 11) is 0. The van der Waals surface area contributed by atoms with Gasteiger partial charge >= 0.3 is 11.9 Å². The van der Waals surface area contributed by atoms with Crippen LogP contribution in [-0.2, 0) is 41.6 Å². The molecule has 4 amide bonds. The summed E-state index contributed by atoms with van der Waals surface area (Å²) in [5, 5.41) is 24.8. The zero-order chi connectivity index (χ0) is 68.8. The molecule has 2 aliphatic rings. The number of esters is 1. The summed E-state index contributed by atoms with van der Waals surface area (Å²) >= 11 is 0. The van der Waals surface area contributed by atoms with Crippen molar-refractivity contribution in [3.05, 3.63) is 198 Å². The number of likely N-dealkylation sites (tertiary alicyclic amines) is 2. The smallest absolute Gasteiger partial charge is 0.315 e. The van der Waals surface area contributed by atoms with Crippen LogP contribution in [0.25, 0.3) is 51.1 Å². The molecule has 2 aliphatic heterocycles. The van der Waals surface area contributed by atoms with E-state index in [4.69, 9.17) is 18.9 Å². The molecule has 0 bridgehead atoms. The Bertz CT molecular complexity index is 4000. The Labute approximate surface area is 569 Å². The number of amides is 4. The van der Waals surface area contributed by atoms with E-state index in [1.165, 1.54) is 60.5 Å². The van der Waals surface area contributed by atoms with Crippen molar-refractivity contribution in [2.24, 2.45) is 11.8 Å². The van der Waals surface area contributed by atoms with Gasteiger partial charge in [-0.25, -0.2) is 24.3 Å². The Morgan fingerprint density at radius 3 is 1.44 bits per heavy atom. The zero-order valence-corrected chi connectivity index (χ0v) is 55.0. The van der Waals surface area contributed by atoms with E-state index >= 15 is 0 Å². The van der Waals surface area contributed by atoms with Crippen LogP contribution in [0.2, 0.25) is 0 Å². The van der Waals surface area contributed by atoms with Gasteiger partial charge in [-0.1, -0.05) is 150 Å². The van der Waals surface area contributed by atoms with Crippen molar-refractivity contribution >= 4 is 41.6 Å². The number of hydrogen-bond donors (Lipinski definition) is 4. The molecule has 2 atom stereocenters. The third-order valence-electron chi connectivity index (χ3n) is 17.2. The van der Waals surface area contributed by atoms with Gasteiger partial charge in [-0.3, -0.25) is 28.8 Å². The minimum atomic E-state index is -1.13. The highest BCUT2D eigenvalue weighted by Crippen LogP contribution is 2.28. The number of nitrogens with one attached hydrogen (secondary N) is 2. The first-order valence-electron chi connectivity index (χ1n) is 33.4. The van der Waals surface area contributed by atoms with E-state index in [2.05, 4.69) is 44.4 Å². The average Bonchev–Trinajstić information content (AvgIpc) is 0.820. The lowest BCUT2D eigenvalue weighted by Crippen LogP contribution is -2.59. The molecular formula is C77H81FN8O12. The number of carbonyl (C=O) groups is 6. The number of aliphatic carboxylic acids is 1. The molecule has 0 radical (unpaired) electrons. The summed E-state index contributed by atoms with van der Waals surface area (Å²) in [5.74, 6) is -3.80. The van der Waals surface area contributed by atoms with Crippen molar-refractivity contribution in [3.63, 3.8) is 0 Å². The van der Waals surface area contributed by atoms with Crippen LogP contribution >= 0.6 is 0 Å². The van der Waals surface area contributed by atoms with E-state index in [-0.39, 0.29) is 44.6 Å². The molecule has 508 valence electrons. The van der Waals surface area contributed by atoms with E-state index in [1.807, 2.05) is 84.9 Å². The van der Waals surface area contributed by atoms with Crippen LogP contribution in [0.15, 0.2) is 170 Å². The highest BCUT2D eigenvalue weighted by atomic mass is 19.1. The third-order valence-corrected chi connectivity index (χ3v) is 17.2. The van der Waals surface area contributed by atoms with Gasteiger partial charge in [0.1, 0.15) is 29.3 Å². The lowest BCUT2D eigenvalue weighted by atomic mass is 9.96. The molecule has 2 fully saturated rings. The summed E-state index contributed by atoms with van der Waals surface area (Å²) in [4.78, 5) is 101. The second-order valence-corrected chi connectivity index (χ2v) is 24.6. The molecule has 4 N–H and O–H groups in total. The number of halogens is 1. The van der Waals surface area contributed by atoms with Gasteiger partial charge in [0, 0.05) is 97.7 Å². The lowest BCUT2D eigenvalue weighted by molar-refractivity contribution is -0.164. The quantitative estimate of drug-likeness (QED) is 0.0126. The number of phenolic OH excluding ortho intramolecular Hbond substituents is 1. The lowest BCUT2D eigenvalue weighted by Gasteiger charge is -2.39. The van der Waals surface area contributed by atoms with E-state index in [1.54, 1.807) is 67.3 Å². The van der Waals surface area contributed by atoms with Crippen molar-refractivity contribution in [2.45, 2.75) is 103 Å². The van der Waals surface area contributed by atoms with Crippen LogP contribution in [0.3, 0.4) is 0 Å². The summed E-state index contributed by atoms with van der Waals surface area (Å²) < 4.78 is 37.3. The zero-order valence-electron chi connectivity index (χ0n) is 55.0. The van der Waals surface area contributed by atoms with Crippen LogP contribution in [-0.4, -0.2) is 134 Å². The largest absolute Gasteiger partial charge is 0.505 e. The highest BCUT2D eigenvalue weighted by molar-refractivity contribution is 5.98. The molecule has 20 nitrogen and oxygen atoms in total. The van der Waals surface area contributed by atoms with Crippen molar-refractivity contribution < 1.29 is 62.3 Å². The number of unbranched alkanes of at least 4 members (excludes halogenated alkanes) is 8. The molecular weight excluding hydrogens is 1250 g/mol. The average molecular weight is 1330 g/mol. The van der Waals surface area contributed by atoms with E-state index < -0.39 is 77.8 Å². The first-order valence-corrected chi connectivity index (χ1v) is 33.4. The fourth-order valence-electron chi connectivity index (χ4n) is 11.3.